The molecule has 2 amide bonds. The number of hydrogen-bond acceptors (Lipinski definition) is 6. The van der Waals surface area contributed by atoms with Crippen LogP contribution in [0, 0.1) is 5.92 Å². The van der Waals surface area contributed by atoms with Crippen LogP contribution < -0.4 is 16.4 Å². The molecule has 0 spiro atoms. The summed E-state index contributed by atoms with van der Waals surface area (Å²) in [7, 11) is 0. The molecule has 0 radical (unpaired) electrons. The molecule has 23 heavy (non-hydrogen) atoms. The van der Waals surface area contributed by atoms with Gasteiger partial charge in [0.25, 0.3) is 0 Å². The van der Waals surface area contributed by atoms with Crippen molar-refractivity contribution < 1.29 is 24.6 Å². The molecule has 134 valence electrons. The molecule has 0 aliphatic carbocycles. The van der Waals surface area contributed by atoms with E-state index in [1.807, 2.05) is 20.1 Å². The zero-order valence-electron chi connectivity index (χ0n) is 13.7. The number of aliphatic hydroxyl groups is 1. The van der Waals surface area contributed by atoms with Gasteiger partial charge in [-0.05, 0) is 24.3 Å². The van der Waals surface area contributed by atoms with Crippen LogP contribution in [0.15, 0.2) is 0 Å². The van der Waals surface area contributed by atoms with Crippen LogP contribution in [0.25, 0.3) is 0 Å². The fourth-order valence-electron chi connectivity index (χ4n) is 1.74. The third-order valence-electron chi connectivity index (χ3n) is 3.60. The van der Waals surface area contributed by atoms with E-state index in [-0.39, 0.29) is 5.92 Å². The number of aliphatic hydroxyl groups excluding tert-OH is 1. The van der Waals surface area contributed by atoms with Crippen molar-refractivity contribution in [3.05, 3.63) is 0 Å². The Balaban J connectivity index is 4.88. The number of nitrogens with one attached hydrogen (secondary N) is 2. The van der Waals surface area contributed by atoms with Gasteiger partial charge in [0, 0.05) is 0 Å². The van der Waals surface area contributed by atoms with Crippen LogP contribution in [0.1, 0.15) is 26.7 Å². The maximum absolute atomic E-state index is 12.2. The van der Waals surface area contributed by atoms with Crippen LogP contribution in [0.5, 0.6) is 0 Å². The minimum atomic E-state index is -1.40. The lowest BCUT2D eigenvalue weighted by Gasteiger charge is -2.24. The predicted molar refractivity (Wildman–Crippen MR) is 89.0 cm³/mol. The molecule has 8 nitrogen and oxygen atoms in total. The molecule has 0 fully saturated rings. The average molecular weight is 349 g/mol. The van der Waals surface area contributed by atoms with Gasteiger partial charge in [0.05, 0.1) is 12.6 Å². The Hall–Kier alpha value is -1.32. The zero-order valence-corrected chi connectivity index (χ0v) is 14.6. The average Bonchev–Trinajstić information content (AvgIpc) is 2.53. The summed E-state index contributed by atoms with van der Waals surface area (Å²) >= 11 is 1.50. The highest BCUT2D eigenvalue weighted by Crippen LogP contribution is 2.07. The van der Waals surface area contributed by atoms with Crippen molar-refractivity contribution in [1.29, 1.82) is 0 Å². The van der Waals surface area contributed by atoms with Gasteiger partial charge in [-0.1, -0.05) is 20.3 Å². The molecule has 4 atom stereocenters. The quantitative estimate of drug-likeness (QED) is 0.327. The van der Waals surface area contributed by atoms with Crippen molar-refractivity contribution in [1.82, 2.24) is 10.6 Å². The van der Waals surface area contributed by atoms with E-state index in [1.165, 1.54) is 11.8 Å². The lowest BCUT2D eigenvalue weighted by atomic mass is 9.99. The largest absolute Gasteiger partial charge is 0.480 e. The molecule has 0 rings (SSSR count). The fourth-order valence-corrected chi connectivity index (χ4v) is 2.21. The van der Waals surface area contributed by atoms with E-state index in [2.05, 4.69) is 10.6 Å². The fraction of sp³-hybridized carbons (Fsp3) is 0.786. The Labute approximate surface area is 140 Å². The number of carboxylic acids is 1. The van der Waals surface area contributed by atoms with Crippen molar-refractivity contribution in [3.8, 4) is 0 Å². The van der Waals surface area contributed by atoms with Crippen LogP contribution in [-0.2, 0) is 14.4 Å². The van der Waals surface area contributed by atoms with Gasteiger partial charge in [0.1, 0.15) is 12.1 Å². The van der Waals surface area contributed by atoms with Crippen LogP contribution >= 0.6 is 11.8 Å². The summed E-state index contributed by atoms with van der Waals surface area (Å²) in [6.45, 7) is 3.03. The number of amides is 2. The van der Waals surface area contributed by atoms with E-state index < -0.39 is 42.5 Å². The number of carbonyl (C=O) groups is 3. The summed E-state index contributed by atoms with van der Waals surface area (Å²) in [4.78, 5) is 35.2. The highest BCUT2D eigenvalue weighted by molar-refractivity contribution is 7.98. The van der Waals surface area contributed by atoms with E-state index in [9.17, 15) is 14.4 Å². The first kappa shape index (κ1) is 21.7. The van der Waals surface area contributed by atoms with Crippen molar-refractivity contribution in [2.75, 3.05) is 18.6 Å². The molecule has 0 saturated heterocycles. The van der Waals surface area contributed by atoms with Crippen molar-refractivity contribution in [2.24, 2.45) is 11.7 Å². The second-order valence-corrected chi connectivity index (χ2v) is 6.32. The summed E-state index contributed by atoms with van der Waals surface area (Å²) in [5.74, 6) is -1.87. The molecule has 0 aliphatic heterocycles. The van der Waals surface area contributed by atoms with E-state index in [0.29, 0.717) is 12.2 Å². The Morgan fingerprint density at radius 3 is 2.17 bits per heavy atom. The maximum Gasteiger partial charge on any atom is 0.328 e. The molecular weight excluding hydrogens is 322 g/mol. The van der Waals surface area contributed by atoms with Crippen molar-refractivity contribution in [3.63, 3.8) is 0 Å². The first-order chi connectivity index (χ1) is 10.8. The zero-order chi connectivity index (χ0) is 18.0. The SMILES string of the molecule is CC[C@H](C)[C@H](N)C(=O)N[C@@H](CCSC)C(=O)N[C@@H](CO)C(=O)O. The summed E-state index contributed by atoms with van der Waals surface area (Å²) < 4.78 is 0. The van der Waals surface area contributed by atoms with Crippen molar-refractivity contribution in [2.45, 2.75) is 44.8 Å². The second-order valence-electron chi connectivity index (χ2n) is 5.34. The summed E-state index contributed by atoms with van der Waals surface area (Å²) in [6, 6.07) is -3.03. The first-order valence-corrected chi connectivity index (χ1v) is 8.86. The molecule has 0 aromatic carbocycles. The number of thioether (sulfide) groups is 1. The summed E-state index contributed by atoms with van der Waals surface area (Å²) in [5.41, 5.74) is 5.84. The molecule has 0 saturated carbocycles. The minimum absolute atomic E-state index is 0.0385. The van der Waals surface area contributed by atoms with Gasteiger partial charge < -0.3 is 26.6 Å². The highest BCUT2D eigenvalue weighted by atomic mass is 32.2. The van der Waals surface area contributed by atoms with Crippen LogP contribution in [-0.4, -0.2) is 64.7 Å². The number of hydrogen-bond donors (Lipinski definition) is 5. The summed E-state index contributed by atoms with van der Waals surface area (Å²) in [6.07, 6.45) is 2.92. The van der Waals surface area contributed by atoms with E-state index in [1.54, 1.807) is 0 Å². The van der Waals surface area contributed by atoms with Crippen LogP contribution in [0.4, 0.5) is 0 Å². The molecule has 0 aromatic heterocycles. The normalized spacial score (nSPS) is 16.0. The number of aliphatic carboxylic acids is 1. The molecule has 0 unspecified atom stereocenters. The van der Waals surface area contributed by atoms with Gasteiger partial charge in [0.2, 0.25) is 11.8 Å². The van der Waals surface area contributed by atoms with Gasteiger partial charge >= 0.3 is 5.97 Å². The number of nitrogens with two attached hydrogens (primary N) is 1. The molecule has 0 aromatic rings. The molecule has 0 bridgehead atoms. The van der Waals surface area contributed by atoms with E-state index in [0.717, 1.165) is 6.42 Å². The Bertz CT molecular complexity index is 408. The van der Waals surface area contributed by atoms with Crippen LogP contribution in [0.2, 0.25) is 0 Å². The third-order valence-corrected chi connectivity index (χ3v) is 4.24. The molecular formula is C14H27N3O5S. The van der Waals surface area contributed by atoms with Gasteiger partial charge in [-0.2, -0.15) is 11.8 Å². The first-order valence-electron chi connectivity index (χ1n) is 7.47. The topological polar surface area (TPSA) is 142 Å². The smallest absolute Gasteiger partial charge is 0.328 e. The molecule has 0 aliphatic rings. The molecule has 9 heteroatoms. The number of rotatable bonds is 11. The van der Waals surface area contributed by atoms with Gasteiger partial charge in [-0.25, -0.2) is 4.79 Å². The number of carboxylic acid groups (broad SMARTS) is 1. The number of carbonyl (C=O) groups excluding carboxylic acids is 2. The Morgan fingerprint density at radius 1 is 1.17 bits per heavy atom. The van der Waals surface area contributed by atoms with E-state index >= 15 is 0 Å². The van der Waals surface area contributed by atoms with E-state index in [4.69, 9.17) is 15.9 Å². The maximum atomic E-state index is 12.2. The van der Waals surface area contributed by atoms with Gasteiger partial charge in [0.15, 0.2) is 0 Å². The molecule has 6 N–H and O–H groups in total. The highest BCUT2D eigenvalue weighted by Gasteiger charge is 2.28. The Kier molecular flexibility index (Phi) is 10.6. The summed E-state index contributed by atoms with van der Waals surface area (Å²) in [5, 5.41) is 22.6. The standard InChI is InChI=1S/C14H27N3O5S/c1-4-8(2)11(15)13(20)16-9(5-6-23-3)12(19)17-10(7-18)14(21)22/h8-11,18H,4-7,15H2,1-3H3,(H,16,20)(H,17,19)(H,21,22)/t8-,9-,10-,11-/m0/s1. The molecule has 0 heterocycles. The van der Waals surface area contributed by atoms with Crippen molar-refractivity contribution >= 4 is 29.5 Å². The monoisotopic (exact) mass is 349 g/mol. The second kappa shape index (κ2) is 11.3. The Morgan fingerprint density at radius 2 is 1.74 bits per heavy atom. The lowest BCUT2D eigenvalue weighted by Crippen LogP contribution is -2.56. The predicted octanol–water partition coefficient (Wildman–Crippen LogP) is -0.841. The lowest BCUT2D eigenvalue weighted by molar-refractivity contribution is -0.143. The third kappa shape index (κ3) is 7.67. The minimum Gasteiger partial charge on any atom is -0.480 e. The van der Waals surface area contributed by atoms with Gasteiger partial charge in [-0.3, -0.25) is 9.59 Å². The van der Waals surface area contributed by atoms with Crippen LogP contribution in [0.3, 0.4) is 0 Å². The van der Waals surface area contributed by atoms with Gasteiger partial charge in [-0.15, -0.1) is 0 Å².